The van der Waals surface area contributed by atoms with Gasteiger partial charge in [0, 0.05) is 6.42 Å². The topological polar surface area (TPSA) is 121 Å². The first-order chi connectivity index (χ1) is 10.2. The highest BCUT2D eigenvalue weighted by Gasteiger charge is 2.32. The van der Waals surface area contributed by atoms with Gasteiger partial charge in [-0.25, -0.2) is 9.86 Å². The molecular formula is C15H20N2O5. The van der Waals surface area contributed by atoms with Gasteiger partial charge >= 0.3 is 5.97 Å². The van der Waals surface area contributed by atoms with Gasteiger partial charge in [-0.2, -0.15) is 0 Å². The van der Waals surface area contributed by atoms with Crippen LogP contribution in [0.3, 0.4) is 0 Å². The normalized spacial score (nSPS) is 13.2. The van der Waals surface area contributed by atoms with Crippen molar-refractivity contribution in [2.24, 2.45) is 5.73 Å². The zero-order chi connectivity index (χ0) is 16.9. The lowest BCUT2D eigenvalue weighted by atomic mass is 9.98. The molecule has 2 amide bonds. The fourth-order valence-electron chi connectivity index (χ4n) is 1.98. The average molecular weight is 308 g/mol. The second kappa shape index (κ2) is 7.56. The van der Waals surface area contributed by atoms with Crippen molar-refractivity contribution in [2.75, 3.05) is 0 Å². The lowest BCUT2D eigenvalue weighted by Crippen LogP contribution is -2.45. The number of hydrogen-bond donors (Lipinski definition) is 3. The van der Waals surface area contributed by atoms with Crippen molar-refractivity contribution >= 4 is 17.8 Å². The summed E-state index contributed by atoms with van der Waals surface area (Å²) in [4.78, 5) is 34.1. The predicted octanol–water partition coefficient (Wildman–Crippen LogP) is 1.04. The maximum atomic E-state index is 12.2. The van der Waals surface area contributed by atoms with Gasteiger partial charge in [0.25, 0.3) is 5.91 Å². The van der Waals surface area contributed by atoms with Crippen molar-refractivity contribution < 1.29 is 24.7 Å². The molecule has 0 aliphatic carbocycles. The molecule has 1 aromatic carbocycles. The molecule has 1 rings (SSSR count). The number of benzene rings is 1. The zero-order valence-electron chi connectivity index (χ0n) is 12.5. The minimum Gasteiger partial charge on any atom is -0.480 e. The van der Waals surface area contributed by atoms with Crippen molar-refractivity contribution in [1.29, 1.82) is 0 Å². The summed E-state index contributed by atoms with van der Waals surface area (Å²) in [6.07, 6.45) is -0.478. The SMILES string of the molecule is Cc1ccc(C(C)C(=O)N(O)C(CCC(N)=O)C(=O)O)cc1. The van der Waals surface area contributed by atoms with Crippen LogP contribution in [0.5, 0.6) is 0 Å². The highest BCUT2D eigenvalue weighted by molar-refractivity contribution is 5.87. The molecule has 0 bridgehead atoms. The van der Waals surface area contributed by atoms with Crippen molar-refractivity contribution in [2.45, 2.75) is 38.6 Å². The first-order valence-corrected chi connectivity index (χ1v) is 6.83. The van der Waals surface area contributed by atoms with E-state index in [1.807, 2.05) is 19.1 Å². The Morgan fingerprint density at radius 2 is 1.77 bits per heavy atom. The number of carbonyl (C=O) groups is 3. The Bertz CT molecular complexity index is 556. The van der Waals surface area contributed by atoms with E-state index in [-0.39, 0.29) is 17.9 Å². The van der Waals surface area contributed by atoms with Crippen LogP contribution in [0.25, 0.3) is 0 Å². The maximum Gasteiger partial charge on any atom is 0.329 e. The van der Waals surface area contributed by atoms with Crippen LogP contribution in [0.2, 0.25) is 0 Å². The predicted molar refractivity (Wildman–Crippen MR) is 78.1 cm³/mol. The first-order valence-electron chi connectivity index (χ1n) is 6.83. The molecule has 0 saturated carbocycles. The molecule has 0 saturated heterocycles. The number of hydroxylamine groups is 2. The van der Waals surface area contributed by atoms with E-state index in [2.05, 4.69) is 0 Å². The van der Waals surface area contributed by atoms with E-state index in [1.54, 1.807) is 19.1 Å². The number of rotatable bonds is 7. The minimum atomic E-state index is -1.51. The molecule has 0 spiro atoms. The van der Waals surface area contributed by atoms with E-state index >= 15 is 0 Å². The Morgan fingerprint density at radius 3 is 2.23 bits per heavy atom. The number of nitrogens with two attached hydrogens (primary N) is 1. The van der Waals surface area contributed by atoms with E-state index in [0.717, 1.165) is 5.56 Å². The number of carboxylic acid groups (broad SMARTS) is 1. The third kappa shape index (κ3) is 4.56. The summed E-state index contributed by atoms with van der Waals surface area (Å²) in [5.74, 6) is -3.55. The first kappa shape index (κ1) is 17.6. The number of nitrogens with zero attached hydrogens (tertiary/aromatic N) is 1. The summed E-state index contributed by atoms with van der Waals surface area (Å²) in [7, 11) is 0. The zero-order valence-corrected chi connectivity index (χ0v) is 12.5. The van der Waals surface area contributed by atoms with E-state index in [4.69, 9.17) is 10.8 Å². The van der Waals surface area contributed by atoms with Gasteiger partial charge in [-0.05, 0) is 25.8 Å². The smallest absolute Gasteiger partial charge is 0.329 e. The number of carbonyl (C=O) groups excluding carboxylic acids is 2. The summed E-state index contributed by atoms with van der Waals surface area (Å²) >= 11 is 0. The average Bonchev–Trinajstić information content (AvgIpc) is 2.45. The molecule has 0 aliphatic rings. The van der Waals surface area contributed by atoms with Gasteiger partial charge in [0.1, 0.15) is 0 Å². The summed E-state index contributed by atoms with van der Waals surface area (Å²) in [5.41, 5.74) is 6.65. The number of hydrogen-bond acceptors (Lipinski definition) is 4. The monoisotopic (exact) mass is 308 g/mol. The molecule has 0 aliphatic heterocycles. The number of aliphatic carboxylic acids is 1. The van der Waals surface area contributed by atoms with Crippen LogP contribution in [0.1, 0.15) is 36.8 Å². The van der Waals surface area contributed by atoms with Crippen molar-refractivity contribution in [1.82, 2.24) is 5.06 Å². The number of amides is 2. The molecule has 4 N–H and O–H groups in total. The van der Waals surface area contributed by atoms with Crippen molar-refractivity contribution in [3.05, 3.63) is 35.4 Å². The van der Waals surface area contributed by atoms with Crippen molar-refractivity contribution in [3.8, 4) is 0 Å². The molecule has 2 atom stereocenters. The van der Waals surface area contributed by atoms with Crippen LogP contribution in [0.4, 0.5) is 0 Å². The highest BCUT2D eigenvalue weighted by Crippen LogP contribution is 2.20. The fraction of sp³-hybridized carbons (Fsp3) is 0.400. The van der Waals surface area contributed by atoms with E-state index in [0.29, 0.717) is 5.56 Å². The molecule has 7 nitrogen and oxygen atoms in total. The second-order valence-electron chi connectivity index (χ2n) is 5.17. The van der Waals surface area contributed by atoms with Gasteiger partial charge in [-0.15, -0.1) is 0 Å². The largest absolute Gasteiger partial charge is 0.480 e. The van der Waals surface area contributed by atoms with Crippen LogP contribution < -0.4 is 5.73 Å². The lowest BCUT2D eigenvalue weighted by Gasteiger charge is -2.25. The molecular weight excluding hydrogens is 288 g/mol. The van der Waals surface area contributed by atoms with Gasteiger partial charge in [-0.1, -0.05) is 29.8 Å². The van der Waals surface area contributed by atoms with Gasteiger partial charge < -0.3 is 10.8 Å². The maximum absolute atomic E-state index is 12.2. The quantitative estimate of drug-likeness (QED) is 0.513. The Hall–Kier alpha value is -2.41. The lowest BCUT2D eigenvalue weighted by molar-refractivity contribution is -0.187. The minimum absolute atomic E-state index is 0.176. The Morgan fingerprint density at radius 1 is 1.23 bits per heavy atom. The van der Waals surface area contributed by atoms with Crippen LogP contribution in [-0.4, -0.2) is 39.2 Å². The standard InChI is InChI=1S/C15H20N2O5/c1-9-3-5-11(6-4-9)10(2)14(19)17(22)12(15(20)21)7-8-13(16)18/h3-6,10,12,22H,7-8H2,1-2H3,(H2,16,18)(H,20,21). The summed E-state index contributed by atoms with van der Waals surface area (Å²) in [5, 5.41) is 19.2. The van der Waals surface area contributed by atoms with E-state index in [9.17, 15) is 19.6 Å². The number of primary amides is 1. The Kier molecular flexibility index (Phi) is 6.06. The number of aryl methyl sites for hydroxylation is 1. The fourth-order valence-corrected chi connectivity index (χ4v) is 1.98. The summed E-state index contributed by atoms with van der Waals surface area (Å²) in [6, 6.07) is 5.62. The number of carboxylic acids is 1. The van der Waals surface area contributed by atoms with Crippen LogP contribution in [-0.2, 0) is 14.4 Å². The molecule has 2 unspecified atom stereocenters. The molecule has 120 valence electrons. The third-order valence-corrected chi connectivity index (χ3v) is 3.42. The van der Waals surface area contributed by atoms with E-state index < -0.39 is 29.7 Å². The third-order valence-electron chi connectivity index (χ3n) is 3.42. The highest BCUT2D eigenvalue weighted by atomic mass is 16.5. The van der Waals surface area contributed by atoms with E-state index in [1.165, 1.54) is 0 Å². The van der Waals surface area contributed by atoms with Crippen molar-refractivity contribution in [3.63, 3.8) is 0 Å². The Labute approximate surface area is 128 Å². The second-order valence-corrected chi connectivity index (χ2v) is 5.17. The Balaban J connectivity index is 2.85. The molecule has 0 radical (unpaired) electrons. The van der Waals surface area contributed by atoms with Crippen LogP contribution in [0, 0.1) is 6.92 Å². The van der Waals surface area contributed by atoms with Gasteiger partial charge in [0.15, 0.2) is 6.04 Å². The summed E-state index contributed by atoms with van der Waals surface area (Å²) < 4.78 is 0. The molecule has 7 heteroatoms. The van der Waals surface area contributed by atoms with Crippen LogP contribution >= 0.6 is 0 Å². The van der Waals surface area contributed by atoms with Gasteiger partial charge in [0.05, 0.1) is 5.92 Å². The van der Waals surface area contributed by atoms with Gasteiger partial charge in [0.2, 0.25) is 5.91 Å². The molecule has 0 aromatic heterocycles. The molecule has 22 heavy (non-hydrogen) atoms. The van der Waals surface area contributed by atoms with Crippen LogP contribution in [0.15, 0.2) is 24.3 Å². The van der Waals surface area contributed by atoms with Gasteiger partial charge in [-0.3, -0.25) is 14.8 Å². The summed E-state index contributed by atoms with van der Waals surface area (Å²) in [6.45, 7) is 3.47. The molecule has 1 aromatic rings. The molecule has 0 heterocycles. The molecule has 0 fully saturated rings.